The zero-order chi connectivity index (χ0) is 12.4. The molecular weight excluding hydrogens is 222 g/mol. The van der Waals surface area contributed by atoms with Gasteiger partial charge in [-0.2, -0.15) is 5.10 Å². The number of nitrogens with two attached hydrogens (primary N) is 2. The molecule has 88 valence electrons. The molecule has 0 aliphatic heterocycles. The van der Waals surface area contributed by atoms with Crippen LogP contribution in [0, 0.1) is 0 Å². The quantitative estimate of drug-likeness (QED) is 0.623. The van der Waals surface area contributed by atoms with Gasteiger partial charge >= 0.3 is 6.03 Å². The van der Waals surface area contributed by atoms with Gasteiger partial charge in [0.2, 0.25) is 5.91 Å². The number of hydrogen-bond acceptors (Lipinski definition) is 4. The summed E-state index contributed by atoms with van der Waals surface area (Å²) in [5.41, 5.74) is 11.8. The van der Waals surface area contributed by atoms with Crippen molar-refractivity contribution in [2.75, 3.05) is 5.73 Å². The Hall–Kier alpha value is -2.57. The zero-order valence-electron chi connectivity index (χ0n) is 8.88. The van der Waals surface area contributed by atoms with E-state index in [1.165, 1.54) is 4.68 Å². The van der Waals surface area contributed by atoms with E-state index in [1.54, 1.807) is 24.4 Å². The molecule has 0 aliphatic rings. The highest BCUT2D eigenvalue weighted by atomic mass is 16.2. The van der Waals surface area contributed by atoms with Crippen LogP contribution in [-0.2, 0) is 11.3 Å². The van der Waals surface area contributed by atoms with Crippen molar-refractivity contribution in [3.05, 3.63) is 24.4 Å². The van der Waals surface area contributed by atoms with Gasteiger partial charge in [0.15, 0.2) is 0 Å². The number of fused-ring (bicyclic) bond motifs is 1. The standard InChI is InChI=1S/C10H11N5O2/c11-7-2-1-6-4-13-15(8(6)3-7)5-9(16)14-10(12)17/h1-4H,5,11H2,(H3,12,14,16,17). The van der Waals surface area contributed by atoms with Crippen molar-refractivity contribution < 1.29 is 9.59 Å². The van der Waals surface area contributed by atoms with Crippen LogP contribution in [0.25, 0.3) is 10.9 Å². The number of benzene rings is 1. The molecule has 2 aromatic rings. The predicted molar refractivity (Wildman–Crippen MR) is 61.9 cm³/mol. The fraction of sp³-hybridized carbons (Fsp3) is 0.100. The van der Waals surface area contributed by atoms with Crippen LogP contribution in [0.1, 0.15) is 0 Å². The molecule has 0 fully saturated rings. The summed E-state index contributed by atoms with van der Waals surface area (Å²) >= 11 is 0. The number of urea groups is 1. The first kappa shape index (κ1) is 10.9. The fourth-order valence-corrected chi connectivity index (χ4v) is 1.53. The van der Waals surface area contributed by atoms with Crippen LogP contribution < -0.4 is 16.8 Å². The maximum Gasteiger partial charge on any atom is 0.318 e. The largest absolute Gasteiger partial charge is 0.399 e. The summed E-state index contributed by atoms with van der Waals surface area (Å²) in [5, 5.41) is 6.87. The van der Waals surface area contributed by atoms with Crippen LogP contribution in [0.3, 0.4) is 0 Å². The predicted octanol–water partition coefficient (Wildman–Crippen LogP) is -0.187. The first-order valence-electron chi connectivity index (χ1n) is 4.86. The van der Waals surface area contributed by atoms with Gasteiger partial charge in [-0.05, 0) is 18.2 Å². The molecule has 0 saturated carbocycles. The molecule has 1 aromatic heterocycles. The second-order valence-corrected chi connectivity index (χ2v) is 3.53. The molecule has 2 rings (SSSR count). The van der Waals surface area contributed by atoms with Crippen molar-refractivity contribution in [3.63, 3.8) is 0 Å². The molecule has 0 spiro atoms. The second-order valence-electron chi connectivity index (χ2n) is 3.53. The van der Waals surface area contributed by atoms with Crippen molar-refractivity contribution in [1.29, 1.82) is 0 Å². The Morgan fingerprint density at radius 3 is 2.88 bits per heavy atom. The molecule has 17 heavy (non-hydrogen) atoms. The Labute approximate surface area is 96.4 Å². The monoisotopic (exact) mass is 233 g/mol. The third kappa shape index (κ3) is 2.33. The number of rotatable bonds is 2. The van der Waals surface area contributed by atoms with E-state index in [4.69, 9.17) is 11.5 Å². The first-order chi connectivity index (χ1) is 8.06. The van der Waals surface area contributed by atoms with Gasteiger partial charge in [0.05, 0.1) is 11.7 Å². The average Bonchev–Trinajstić information content (AvgIpc) is 2.60. The van der Waals surface area contributed by atoms with Crippen molar-refractivity contribution in [2.45, 2.75) is 6.54 Å². The van der Waals surface area contributed by atoms with Gasteiger partial charge < -0.3 is 11.5 Å². The summed E-state index contributed by atoms with van der Waals surface area (Å²) in [5.74, 6) is -0.523. The van der Waals surface area contributed by atoms with Crippen molar-refractivity contribution in [3.8, 4) is 0 Å². The summed E-state index contributed by atoms with van der Waals surface area (Å²) in [4.78, 5) is 21.8. The zero-order valence-corrected chi connectivity index (χ0v) is 8.88. The third-order valence-corrected chi connectivity index (χ3v) is 2.22. The molecule has 1 heterocycles. The molecule has 0 atom stereocenters. The number of carbonyl (C=O) groups is 2. The van der Waals surface area contributed by atoms with Gasteiger partial charge in [-0.3, -0.25) is 14.8 Å². The minimum absolute atomic E-state index is 0.0874. The third-order valence-electron chi connectivity index (χ3n) is 2.22. The van der Waals surface area contributed by atoms with Crippen LogP contribution in [-0.4, -0.2) is 21.7 Å². The Morgan fingerprint density at radius 1 is 1.41 bits per heavy atom. The van der Waals surface area contributed by atoms with E-state index >= 15 is 0 Å². The number of nitrogen functional groups attached to an aromatic ring is 1. The lowest BCUT2D eigenvalue weighted by Crippen LogP contribution is -2.37. The van der Waals surface area contributed by atoms with E-state index in [-0.39, 0.29) is 6.54 Å². The molecular formula is C10H11N5O2. The molecule has 0 radical (unpaired) electrons. The van der Waals surface area contributed by atoms with Gasteiger partial charge in [-0.1, -0.05) is 0 Å². The lowest BCUT2D eigenvalue weighted by Gasteiger charge is -2.03. The van der Waals surface area contributed by atoms with E-state index in [9.17, 15) is 9.59 Å². The van der Waals surface area contributed by atoms with Crippen molar-refractivity contribution in [1.82, 2.24) is 15.1 Å². The highest BCUT2D eigenvalue weighted by Crippen LogP contribution is 2.16. The van der Waals surface area contributed by atoms with Crippen LogP contribution in [0.4, 0.5) is 10.5 Å². The molecule has 7 heteroatoms. The topological polar surface area (TPSA) is 116 Å². The van der Waals surface area contributed by atoms with Crippen LogP contribution in [0.15, 0.2) is 24.4 Å². The second kappa shape index (κ2) is 4.12. The Bertz CT molecular complexity index is 589. The maximum atomic E-state index is 11.3. The van der Waals surface area contributed by atoms with Gasteiger partial charge in [0.25, 0.3) is 0 Å². The molecule has 0 unspecified atom stereocenters. The molecule has 0 aliphatic carbocycles. The Balaban J connectivity index is 2.27. The van der Waals surface area contributed by atoms with E-state index in [0.29, 0.717) is 5.69 Å². The van der Waals surface area contributed by atoms with E-state index < -0.39 is 11.9 Å². The Morgan fingerprint density at radius 2 is 2.18 bits per heavy atom. The average molecular weight is 233 g/mol. The van der Waals surface area contributed by atoms with Crippen LogP contribution in [0.5, 0.6) is 0 Å². The van der Waals surface area contributed by atoms with E-state index in [2.05, 4.69) is 5.10 Å². The summed E-state index contributed by atoms with van der Waals surface area (Å²) in [6.07, 6.45) is 1.62. The van der Waals surface area contributed by atoms with Gasteiger partial charge in [-0.15, -0.1) is 0 Å². The molecule has 3 amide bonds. The number of nitrogens with zero attached hydrogens (tertiary/aromatic N) is 2. The fourth-order valence-electron chi connectivity index (χ4n) is 1.53. The first-order valence-corrected chi connectivity index (χ1v) is 4.86. The maximum absolute atomic E-state index is 11.3. The number of carbonyl (C=O) groups excluding carboxylic acids is 2. The minimum atomic E-state index is -0.883. The summed E-state index contributed by atoms with van der Waals surface area (Å²) in [7, 11) is 0. The summed E-state index contributed by atoms with van der Waals surface area (Å²) in [6, 6.07) is 4.38. The molecule has 0 bridgehead atoms. The number of amides is 3. The van der Waals surface area contributed by atoms with E-state index in [1.807, 2.05) is 5.32 Å². The van der Waals surface area contributed by atoms with Gasteiger partial charge in [0.1, 0.15) is 6.54 Å². The van der Waals surface area contributed by atoms with E-state index in [0.717, 1.165) is 10.9 Å². The van der Waals surface area contributed by atoms with Crippen molar-refractivity contribution >= 4 is 28.5 Å². The lowest BCUT2D eigenvalue weighted by atomic mass is 10.2. The highest BCUT2D eigenvalue weighted by molar-refractivity contribution is 5.94. The SMILES string of the molecule is NC(=O)NC(=O)Cn1ncc2ccc(N)cc21. The highest BCUT2D eigenvalue weighted by Gasteiger charge is 2.09. The molecule has 0 saturated heterocycles. The molecule has 5 N–H and O–H groups in total. The van der Waals surface area contributed by atoms with Crippen molar-refractivity contribution in [2.24, 2.45) is 5.73 Å². The summed E-state index contributed by atoms with van der Waals surface area (Å²) in [6.45, 7) is -0.0874. The number of hydrogen-bond donors (Lipinski definition) is 3. The number of nitrogens with one attached hydrogen (secondary N) is 1. The summed E-state index contributed by atoms with van der Waals surface area (Å²) < 4.78 is 1.45. The smallest absolute Gasteiger partial charge is 0.318 e. The number of aromatic nitrogens is 2. The Kier molecular flexibility index (Phi) is 2.65. The van der Waals surface area contributed by atoms with Crippen LogP contribution >= 0.6 is 0 Å². The van der Waals surface area contributed by atoms with Gasteiger partial charge in [-0.25, -0.2) is 4.79 Å². The normalized spacial score (nSPS) is 10.4. The van der Waals surface area contributed by atoms with Gasteiger partial charge in [0, 0.05) is 11.1 Å². The van der Waals surface area contributed by atoms with Crippen LogP contribution in [0.2, 0.25) is 0 Å². The molecule has 7 nitrogen and oxygen atoms in total. The minimum Gasteiger partial charge on any atom is -0.399 e. The number of primary amides is 1. The molecule has 1 aromatic carbocycles. The number of anilines is 1. The lowest BCUT2D eigenvalue weighted by molar-refractivity contribution is -0.120. The number of imide groups is 1.